The molecule has 0 radical (unpaired) electrons. The fraction of sp³-hybridized carbons (Fsp3) is 0.214. The molecule has 5 nitrogen and oxygen atoms in total. The molecule has 0 atom stereocenters. The molecule has 0 bridgehead atoms. The molecule has 0 saturated heterocycles. The zero-order valence-corrected chi connectivity index (χ0v) is 10.7. The van der Waals surface area contributed by atoms with E-state index in [1.165, 1.54) is 0 Å². The van der Waals surface area contributed by atoms with Crippen LogP contribution in [0.5, 0.6) is 0 Å². The summed E-state index contributed by atoms with van der Waals surface area (Å²) in [6.07, 6.45) is 6.40. The predicted octanol–water partition coefficient (Wildman–Crippen LogP) is 2.54. The van der Waals surface area contributed by atoms with Crippen molar-refractivity contribution in [1.29, 1.82) is 0 Å². The molecule has 96 valence electrons. The summed E-state index contributed by atoms with van der Waals surface area (Å²) in [6.45, 7) is 2.75. The van der Waals surface area contributed by atoms with E-state index in [0.29, 0.717) is 12.3 Å². The molecule has 0 amide bonds. The summed E-state index contributed by atoms with van der Waals surface area (Å²) < 4.78 is 7.40. The molecule has 0 aliphatic carbocycles. The Morgan fingerprint density at radius 1 is 1.21 bits per heavy atom. The molecule has 3 rings (SSSR count). The molecule has 0 aliphatic rings. The summed E-state index contributed by atoms with van der Waals surface area (Å²) in [5.74, 6) is 1.73. The van der Waals surface area contributed by atoms with Crippen molar-refractivity contribution in [2.75, 3.05) is 0 Å². The summed E-state index contributed by atoms with van der Waals surface area (Å²) in [7, 11) is 0. The zero-order chi connectivity index (χ0) is 13.1. The molecular formula is C14H14N4O. The number of aryl methyl sites for hydroxylation is 1. The average molecular weight is 254 g/mol. The second kappa shape index (κ2) is 5.06. The van der Waals surface area contributed by atoms with Gasteiger partial charge in [-0.15, -0.1) is 0 Å². The Balaban J connectivity index is 1.82. The molecule has 3 heterocycles. The Labute approximate surface area is 110 Å². The molecule has 0 aromatic carbocycles. The lowest BCUT2D eigenvalue weighted by atomic mass is 10.2. The maximum Gasteiger partial charge on any atom is 0.185 e. The lowest BCUT2D eigenvalue weighted by Gasteiger charge is -2.02. The van der Waals surface area contributed by atoms with E-state index < -0.39 is 0 Å². The van der Waals surface area contributed by atoms with E-state index in [4.69, 9.17) is 4.52 Å². The topological polar surface area (TPSA) is 56.7 Å². The molecule has 0 unspecified atom stereocenters. The van der Waals surface area contributed by atoms with Crippen molar-refractivity contribution in [3.63, 3.8) is 0 Å². The van der Waals surface area contributed by atoms with Gasteiger partial charge in [0.25, 0.3) is 0 Å². The molecule has 0 N–H and O–H groups in total. The molecule has 3 aromatic heterocycles. The van der Waals surface area contributed by atoms with Crippen molar-refractivity contribution in [2.45, 2.75) is 19.9 Å². The normalized spacial score (nSPS) is 10.8. The quantitative estimate of drug-likeness (QED) is 0.718. The van der Waals surface area contributed by atoms with Gasteiger partial charge in [0.2, 0.25) is 0 Å². The molecule has 0 aliphatic heterocycles. The van der Waals surface area contributed by atoms with Gasteiger partial charge in [-0.1, -0.05) is 18.1 Å². The van der Waals surface area contributed by atoms with Crippen molar-refractivity contribution in [2.24, 2.45) is 0 Å². The van der Waals surface area contributed by atoms with Gasteiger partial charge in [-0.25, -0.2) is 4.98 Å². The minimum absolute atomic E-state index is 0.666. The van der Waals surface area contributed by atoms with Crippen molar-refractivity contribution in [3.8, 4) is 11.5 Å². The molecular weight excluding hydrogens is 240 g/mol. The van der Waals surface area contributed by atoms with Crippen LogP contribution in [0.25, 0.3) is 11.5 Å². The smallest absolute Gasteiger partial charge is 0.185 e. The molecule has 19 heavy (non-hydrogen) atoms. The molecule has 0 spiro atoms. The van der Waals surface area contributed by atoms with Crippen LogP contribution in [-0.2, 0) is 13.0 Å². The Bertz CT molecular complexity index is 657. The number of rotatable bonds is 4. The molecule has 0 fully saturated rings. The van der Waals surface area contributed by atoms with Crippen molar-refractivity contribution in [3.05, 3.63) is 54.4 Å². The first kappa shape index (κ1) is 11.6. The highest BCUT2D eigenvalue weighted by atomic mass is 16.5. The van der Waals surface area contributed by atoms with Gasteiger partial charge < -0.3 is 9.09 Å². The van der Waals surface area contributed by atoms with Crippen LogP contribution in [0.15, 0.2) is 47.4 Å². The third-order valence-corrected chi connectivity index (χ3v) is 2.93. The summed E-state index contributed by atoms with van der Waals surface area (Å²) in [5.41, 5.74) is 1.66. The molecule has 5 heteroatoms. The highest BCUT2D eigenvalue weighted by Gasteiger charge is 2.09. The Morgan fingerprint density at radius 2 is 2.16 bits per heavy atom. The molecule has 0 saturated carbocycles. The van der Waals surface area contributed by atoms with Crippen molar-refractivity contribution < 1.29 is 4.52 Å². The van der Waals surface area contributed by atoms with Crippen LogP contribution in [0, 0.1) is 0 Å². The van der Waals surface area contributed by atoms with Crippen LogP contribution in [0.1, 0.15) is 18.4 Å². The first-order valence-corrected chi connectivity index (χ1v) is 6.24. The van der Waals surface area contributed by atoms with Gasteiger partial charge in [0.15, 0.2) is 5.76 Å². The average Bonchev–Trinajstić information content (AvgIpc) is 3.09. The Kier molecular flexibility index (Phi) is 3.10. The number of hydrogen-bond donors (Lipinski definition) is 0. The zero-order valence-electron chi connectivity index (χ0n) is 10.7. The minimum atomic E-state index is 0.666. The van der Waals surface area contributed by atoms with Gasteiger partial charge in [0.1, 0.15) is 17.2 Å². The van der Waals surface area contributed by atoms with Gasteiger partial charge in [0, 0.05) is 31.1 Å². The number of nitrogens with zero attached hydrogens (tertiary/aromatic N) is 4. The van der Waals surface area contributed by atoms with E-state index in [-0.39, 0.29) is 0 Å². The number of hydrogen-bond acceptors (Lipinski definition) is 4. The van der Waals surface area contributed by atoms with E-state index in [0.717, 1.165) is 23.6 Å². The van der Waals surface area contributed by atoms with Crippen LogP contribution >= 0.6 is 0 Å². The van der Waals surface area contributed by atoms with Gasteiger partial charge in [-0.05, 0) is 12.1 Å². The van der Waals surface area contributed by atoms with Crippen LogP contribution < -0.4 is 0 Å². The van der Waals surface area contributed by atoms with E-state index in [2.05, 4.69) is 26.6 Å². The standard InChI is InChI=1S/C14H14N4O/c1-2-14-16-7-8-18(14)10-11-9-13(19-17-11)12-5-3-4-6-15-12/h3-9H,2,10H2,1H3. The lowest BCUT2D eigenvalue weighted by Crippen LogP contribution is -2.03. The monoisotopic (exact) mass is 254 g/mol. The van der Waals surface area contributed by atoms with Gasteiger partial charge in [-0.3, -0.25) is 4.98 Å². The maximum absolute atomic E-state index is 5.33. The number of pyridine rings is 1. The van der Waals surface area contributed by atoms with Gasteiger partial charge in [-0.2, -0.15) is 0 Å². The van der Waals surface area contributed by atoms with Crippen molar-refractivity contribution >= 4 is 0 Å². The highest BCUT2D eigenvalue weighted by molar-refractivity contribution is 5.51. The van der Waals surface area contributed by atoms with Crippen molar-refractivity contribution in [1.82, 2.24) is 19.7 Å². The van der Waals surface area contributed by atoms with Crippen LogP contribution in [0.4, 0.5) is 0 Å². The Hall–Kier alpha value is -2.43. The first-order valence-electron chi connectivity index (χ1n) is 6.24. The second-order valence-electron chi connectivity index (χ2n) is 4.22. The number of aromatic nitrogens is 4. The Morgan fingerprint density at radius 3 is 2.95 bits per heavy atom. The summed E-state index contributed by atoms with van der Waals surface area (Å²) in [5, 5.41) is 4.08. The summed E-state index contributed by atoms with van der Waals surface area (Å²) >= 11 is 0. The summed E-state index contributed by atoms with van der Waals surface area (Å²) in [4.78, 5) is 8.53. The predicted molar refractivity (Wildman–Crippen MR) is 70.4 cm³/mol. The molecule has 3 aromatic rings. The van der Waals surface area contributed by atoms with E-state index in [1.54, 1.807) is 12.4 Å². The van der Waals surface area contributed by atoms with Crippen LogP contribution in [0.2, 0.25) is 0 Å². The van der Waals surface area contributed by atoms with E-state index in [9.17, 15) is 0 Å². The minimum Gasteiger partial charge on any atom is -0.354 e. The largest absolute Gasteiger partial charge is 0.354 e. The first-order chi connectivity index (χ1) is 9.36. The third-order valence-electron chi connectivity index (χ3n) is 2.93. The third kappa shape index (κ3) is 2.40. The van der Waals surface area contributed by atoms with Crippen LogP contribution in [0.3, 0.4) is 0 Å². The number of imidazole rings is 1. The fourth-order valence-corrected chi connectivity index (χ4v) is 1.99. The van der Waals surface area contributed by atoms with E-state index in [1.807, 2.05) is 30.5 Å². The summed E-state index contributed by atoms with van der Waals surface area (Å²) in [6, 6.07) is 7.62. The lowest BCUT2D eigenvalue weighted by molar-refractivity contribution is 0.419. The SMILES string of the molecule is CCc1nccn1Cc1cc(-c2ccccn2)on1. The maximum atomic E-state index is 5.33. The highest BCUT2D eigenvalue weighted by Crippen LogP contribution is 2.18. The van der Waals surface area contributed by atoms with E-state index >= 15 is 0 Å². The fourth-order valence-electron chi connectivity index (χ4n) is 1.99. The van der Waals surface area contributed by atoms with Gasteiger partial charge in [0.05, 0.1) is 6.54 Å². The van der Waals surface area contributed by atoms with Gasteiger partial charge >= 0.3 is 0 Å². The second-order valence-corrected chi connectivity index (χ2v) is 4.22. The van der Waals surface area contributed by atoms with Crippen LogP contribution in [-0.4, -0.2) is 19.7 Å².